The van der Waals surface area contributed by atoms with Gasteiger partial charge in [0.1, 0.15) is 5.82 Å². The van der Waals surface area contributed by atoms with Gasteiger partial charge < -0.3 is 15.0 Å². The fraction of sp³-hybridized carbons (Fsp3) is 0.583. The van der Waals surface area contributed by atoms with Crippen LogP contribution in [0.15, 0.2) is 18.2 Å². The number of hydrogen-bond acceptors (Lipinski definition) is 4. The Morgan fingerprint density at radius 3 is 2.88 bits per heavy atom. The van der Waals surface area contributed by atoms with Crippen molar-refractivity contribution in [1.82, 2.24) is 10.3 Å². The lowest BCUT2D eigenvalue weighted by Crippen LogP contribution is -2.57. The van der Waals surface area contributed by atoms with Crippen LogP contribution in [0.1, 0.15) is 13.3 Å². The summed E-state index contributed by atoms with van der Waals surface area (Å²) in [5, 5.41) is 3.30. The molecule has 0 unspecified atom stereocenters. The van der Waals surface area contributed by atoms with Gasteiger partial charge in [-0.1, -0.05) is 13.0 Å². The molecule has 0 bridgehead atoms. The predicted octanol–water partition coefficient (Wildman–Crippen LogP) is 1.28. The van der Waals surface area contributed by atoms with Gasteiger partial charge in [-0.3, -0.25) is 0 Å². The van der Waals surface area contributed by atoms with Crippen molar-refractivity contribution in [2.45, 2.75) is 19.4 Å². The number of methoxy groups -OCH3 is 1. The van der Waals surface area contributed by atoms with Crippen LogP contribution in [0.5, 0.6) is 5.88 Å². The van der Waals surface area contributed by atoms with Crippen LogP contribution in [-0.2, 0) is 0 Å². The van der Waals surface area contributed by atoms with E-state index in [9.17, 15) is 0 Å². The number of pyridine rings is 1. The summed E-state index contributed by atoms with van der Waals surface area (Å²) in [6.45, 7) is 5.35. The molecule has 2 rings (SSSR count). The van der Waals surface area contributed by atoms with Gasteiger partial charge in [0.05, 0.1) is 13.2 Å². The number of ether oxygens (including phenoxy) is 1. The number of nitrogens with zero attached hydrogens (tertiary/aromatic N) is 2. The molecule has 88 valence electrons. The third-order valence-corrected chi connectivity index (χ3v) is 2.88. The number of aromatic nitrogens is 1. The van der Waals surface area contributed by atoms with Gasteiger partial charge in [0.2, 0.25) is 5.88 Å². The summed E-state index contributed by atoms with van der Waals surface area (Å²) in [4.78, 5) is 6.85. The average Bonchev–Trinajstić information content (AvgIpc) is 2.26. The van der Waals surface area contributed by atoms with Crippen molar-refractivity contribution in [3.63, 3.8) is 0 Å². The van der Waals surface area contributed by atoms with Crippen molar-refractivity contribution in [3.05, 3.63) is 18.2 Å². The fourth-order valence-electron chi connectivity index (χ4n) is 1.90. The summed E-state index contributed by atoms with van der Waals surface area (Å²) in [5.41, 5.74) is 0. The van der Waals surface area contributed by atoms with Crippen LogP contribution in [0.4, 0.5) is 5.82 Å². The van der Waals surface area contributed by atoms with Crippen LogP contribution in [0, 0.1) is 0 Å². The maximum atomic E-state index is 5.16. The van der Waals surface area contributed by atoms with E-state index < -0.39 is 0 Å². The predicted molar refractivity (Wildman–Crippen MR) is 65.1 cm³/mol. The third-order valence-electron chi connectivity index (χ3n) is 2.88. The van der Waals surface area contributed by atoms with E-state index in [0.717, 1.165) is 31.9 Å². The van der Waals surface area contributed by atoms with Gasteiger partial charge in [-0.2, -0.15) is 4.98 Å². The van der Waals surface area contributed by atoms with Crippen molar-refractivity contribution in [2.75, 3.05) is 31.6 Å². The molecule has 0 atom stereocenters. The molecule has 1 aliphatic rings. The van der Waals surface area contributed by atoms with Crippen LogP contribution < -0.4 is 15.0 Å². The Hall–Kier alpha value is -1.29. The van der Waals surface area contributed by atoms with E-state index in [1.807, 2.05) is 12.1 Å². The highest BCUT2D eigenvalue weighted by molar-refractivity contribution is 5.42. The highest BCUT2D eigenvalue weighted by Crippen LogP contribution is 2.19. The van der Waals surface area contributed by atoms with Crippen LogP contribution >= 0.6 is 0 Å². The molecule has 1 saturated heterocycles. The lowest BCUT2D eigenvalue weighted by molar-refractivity contribution is 0.390. The molecule has 4 nitrogen and oxygen atoms in total. The quantitative estimate of drug-likeness (QED) is 0.812. The molecule has 1 aromatic rings. The molecule has 0 aromatic carbocycles. The summed E-state index contributed by atoms with van der Waals surface area (Å²) in [5.74, 6) is 1.71. The van der Waals surface area contributed by atoms with E-state index in [2.05, 4.69) is 28.2 Å². The molecular formula is C12H19N3O. The Balaban J connectivity index is 2.16. The lowest BCUT2D eigenvalue weighted by Gasteiger charge is -2.39. The second-order valence-electron chi connectivity index (χ2n) is 4.04. The van der Waals surface area contributed by atoms with Gasteiger partial charge in [-0.15, -0.1) is 0 Å². The average molecular weight is 221 g/mol. The monoisotopic (exact) mass is 221 g/mol. The summed E-state index contributed by atoms with van der Waals surface area (Å²) in [6, 6.07) is 6.51. The van der Waals surface area contributed by atoms with E-state index in [1.165, 1.54) is 0 Å². The number of nitrogens with one attached hydrogen (secondary N) is 1. The van der Waals surface area contributed by atoms with E-state index in [-0.39, 0.29) is 0 Å². The summed E-state index contributed by atoms with van der Waals surface area (Å²) >= 11 is 0. The van der Waals surface area contributed by atoms with Gasteiger partial charge in [-0.25, -0.2) is 0 Å². The Kier molecular flexibility index (Phi) is 3.62. The third kappa shape index (κ3) is 2.27. The first-order chi connectivity index (χ1) is 7.85. The molecule has 1 aromatic heterocycles. The van der Waals surface area contributed by atoms with E-state index in [4.69, 9.17) is 4.74 Å². The molecule has 0 aliphatic carbocycles. The molecular weight excluding hydrogens is 202 g/mol. The lowest BCUT2D eigenvalue weighted by atomic mass is 10.1. The SMILES string of the molecule is CCCN(c1cccc(OC)n1)C1CNC1. The topological polar surface area (TPSA) is 37.4 Å². The highest BCUT2D eigenvalue weighted by Gasteiger charge is 2.25. The molecule has 16 heavy (non-hydrogen) atoms. The van der Waals surface area contributed by atoms with Crippen molar-refractivity contribution < 1.29 is 4.74 Å². The number of hydrogen-bond donors (Lipinski definition) is 1. The van der Waals surface area contributed by atoms with Crippen LogP contribution in [0.2, 0.25) is 0 Å². The van der Waals surface area contributed by atoms with E-state index in [1.54, 1.807) is 7.11 Å². The maximum absolute atomic E-state index is 5.16. The van der Waals surface area contributed by atoms with Gasteiger partial charge in [0.15, 0.2) is 0 Å². The number of rotatable bonds is 5. The van der Waals surface area contributed by atoms with Crippen LogP contribution in [-0.4, -0.2) is 37.8 Å². The molecule has 1 N–H and O–H groups in total. The summed E-state index contributed by atoms with van der Waals surface area (Å²) < 4.78 is 5.16. The molecule has 2 heterocycles. The van der Waals surface area contributed by atoms with E-state index in [0.29, 0.717) is 11.9 Å². The summed E-state index contributed by atoms with van der Waals surface area (Å²) in [6.07, 6.45) is 1.13. The molecule has 1 fully saturated rings. The first-order valence-corrected chi connectivity index (χ1v) is 5.83. The molecule has 0 amide bonds. The molecule has 0 radical (unpaired) electrons. The second-order valence-corrected chi connectivity index (χ2v) is 4.04. The smallest absolute Gasteiger partial charge is 0.214 e. The van der Waals surface area contributed by atoms with Crippen molar-refractivity contribution in [3.8, 4) is 5.88 Å². The van der Waals surface area contributed by atoms with Crippen molar-refractivity contribution >= 4 is 5.82 Å². The minimum Gasteiger partial charge on any atom is -0.481 e. The van der Waals surface area contributed by atoms with E-state index >= 15 is 0 Å². The normalized spacial score (nSPS) is 15.6. The Morgan fingerprint density at radius 2 is 2.31 bits per heavy atom. The zero-order valence-corrected chi connectivity index (χ0v) is 9.94. The molecule has 0 saturated carbocycles. The Labute approximate surface area is 96.6 Å². The van der Waals surface area contributed by atoms with Crippen molar-refractivity contribution in [1.29, 1.82) is 0 Å². The van der Waals surface area contributed by atoms with Gasteiger partial charge in [0, 0.05) is 25.7 Å². The molecule has 0 spiro atoms. The Morgan fingerprint density at radius 1 is 1.50 bits per heavy atom. The molecule has 4 heteroatoms. The zero-order chi connectivity index (χ0) is 11.4. The van der Waals surface area contributed by atoms with Crippen LogP contribution in [0.3, 0.4) is 0 Å². The zero-order valence-electron chi connectivity index (χ0n) is 9.94. The fourth-order valence-corrected chi connectivity index (χ4v) is 1.90. The maximum Gasteiger partial charge on any atom is 0.214 e. The first kappa shape index (κ1) is 11.2. The van der Waals surface area contributed by atoms with Gasteiger partial charge in [0.25, 0.3) is 0 Å². The largest absolute Gasteiger partial charge is 0.481 e. The minimum atomic E-state index is 0.583. The molecule has 1 aliphatic heterocycles. The van der Waals surface area contributed by atoms with Crippen molar-refractivity contribution in [2.24, 2.45) is 0 Å². The van der Waals surface area contributed by atoms with Crippen LogP contribution in [0.25, 0.3) is 0 Å². The Bertz CT molecular complexity index is 339. The second kappa shape index (κ2) is 5.16. The first-order valence-electron chi connectivity index (χ1n) is 5.83. The summed E-state index contributed by atoms with van der Waals surface area (Å²) in [7, 11) is 1.65. The minimum absolute atomic E-state index is 0.583. The van der Waals surface area contributed by atoms with Gasteiger partial charge in [-0.05, 0) is 12.5 Å². The van der Waals surface area contributed by atoms with Gasteiger partial charge >= 0.3 is 0 Å². The standard InChI is InChI=1S/C12H19N3O/c1-3-7-15(10-8-13-9-10)11-5-4-6-12(14-11)16-2/h4-6,10,13H,3,7-9H2,1-2H3. The highest BCUT2D eigenvalue weighted by atomic mass is 16.5. The number of anilines is 1.